The topological polar surface area (TPSA) is 3.24 Å². The van der Waals surface area contributed by atoms with Crippen molar-refractivity contribution >= 4 is 17.1 Å². The molecule has 2 aliphatic rings. The van der Waals surface area contributed by atoms with Gasteiger partial charge in [-0.2, -0.15) is 0 Å². The minimum atomic E-state index is -0.450. The quantitative estimate of drug-likeness (QED) is 0.190. The molecule has 0 atom stereocenters. The van der Waals surface area contributed by atoms with Crippen LogP contribution in [0.3, 0.4) is 0 Å². The van der Waals surface area contributed by atoms with Crippen LogP contribution < -0.4 is 4.90 Å². The maximum Gasteiger partial charge on any atom is 0.0714 e. The van der Waals surface area contributed by atoms with Gasteiger partial charge in [0.1, 0.15) is 0 Å². The monoisotopic (exact) mass is 601 g/mol. The third-order valence-corrected chi connectivity index (χ3v) is 10.5. The van der Waals surface area contributed by atoms with Crippen LogP contribution in [0.5, 0.6) is 0 Å². The smallest absolute Gasteiger partial charge is 0.0714 e. The van der Waals surface area contributed by atoms with Crippen LogP contribution in [-0.2, 0) is 10.8 Å². The third kappa shape index (κ3) is 3.96. The predicted octanol–water partition coefficient (Wildman–Crippen LogP) is 11.8. The van der Waals surface area contributed by atoms with Crippen molar-refractivity contribution in [3.63, 3.8) is 0 Å². The molecule has 0 N–H and O–H groups in total. The van der Waals surface area contributed by atoms with Crippen LogP contribution in [0.4, 0.5) is 17.1 Å². The highest BCUT2D eigenvalue weighted by atomic mass is 15.1. The first-order valence-electron chi connectivity index (χ1n) is 16.5. The normalized spacial score (nSPS) is 14.5. The van der Waals surface area contributed by atoms with Crippen molar-refractivity contribution in [1.29, 1.82) is 0 Å². The summed E-state index contributed by atoms with van der Waals surface area (Å²) in [6.07, 6.45) is 0. The lowest BCUT2D eigenvalue weighted by atomic mass is 9.67. The number of rotatable bonds is 5. The number of hydrogen-bond acceptors (Lipinski definition) is 1. The summed E-state index contributed by atoms with van der Waals surface area (Å²) < 4.78 is 0. The van der Waals surface area contributed by atoms with E-state index >= 15 is 0 Å². The maximum absolute atomic E-state index is 2.42. The molecule has 0 radical (unpaired) electrons. The molecule has 1 nitrogen and oxygen atoms in total. The van der Waals surface area contributed by atoms with Crippen LogP contribution in [0, 0.1) is 0 Å². The van der Waals surface area contributed by atoms with Crippen LogP contribution in [0.15, 0.2) is 176 Å². The summed E-state index contributed by atoms with van der Waals surface area (Å²) in [4.78, 5) is 2.42. The number of nitrogens with zero attached hydrogens (tertiary/aromatic N) is 1. The first-order valence-corrected chi connectivity index (χ1v) is 16.5. The summed E-state index contributed by atoms with van der Waals surface area (Å²) in [6.45, 7) is 4.71. The fourth-order valence-corrected chi connectivity index (χ4v) is 8.45. The SMILES string of the molecule is CC1(C)c2ccccc2-c2ccc(N(c3ccccc3)c3cccc(C4(c5ccccc5)c5ccccc5-c5ccccc54)c3)cc21. The van der Waals surface area contributed by atoms with E-state index in [-0.39, 0.29) is 5.41 Å². The first kappa shape index (κ1) is 27.6. The highest BCUT2D eigenvalue weighted by Gasteiger charge is 2.46. The molecule has 0 fully saturated rings. The summed E-state index contributed by atoms with van der Waals surface area (Å²) in [5.74, 6) is 0. The summed E-state index contributed by atoms with van der Waals surface area (Å²) in [6, 6.07) is 64.9. The number of fused-ring (bicyclic) bond motifs is 6. The average molecular weight is 602 g/mol. The molecule has 0 spiro atoms. The molecular formula is C46H35N. The van der Waals surface area contributed by atoms with E-state index in [1.165, 1.54) is 55.6 Å². The van der Waals surface area contributed by atoms with E-state index in [4.69, 9.17) is 0 Å². The lowest BCUT2D eigenvalue weighted by Crippen LogP contribution is -2.28. The standard InChI is InChI=1S/C46H35N/c1-45(2)41-25-12-9-22-37(41)40-29-28-36(31-44(40)45)47(34-19-7-4-8-20-34)35-21-15-18-33(30-35)46(32-16-5-3-6-17-32)42-26-13-10-23-38(42)39-24-11-14-27-43(39)46/h3-31H,1-2H3. The van der Waals surface area contributed by atoms with E-state index in [1.807, 2.05) is 0 Å². The van der Waals surface area contributed by atoms with Gasteiger partial charge in [0.05, 0.1) is 5.41 Å². The van der Waals surface area contributed by atoms with Gasteiger partial charge in [0, 0.05) is 22.5 Å². The zero-order valence-electron chi connectivity index (χ0n) is 26.7. The molecular weight excluding hydrogens is 567 g/mol. The molecule has 47 heavy (non-hydrogen) atoms. The van der Waals surface area contributed by atoms with E-state index in [9.17, 15) is 0 Å². The van der Waals surface area contributed by atoms with Gasteiger partial charge in [-0.25, -0.2) is 0 Å². The molecule has 0 aromatic heterocycles. The Bertz CT molecular complexity index is 2230. The summed E-state index contributed by atoms with van der Waals surface area (Å²) in [5.41, 5.74) is 16.1. The molecule has 7 aromatic rings. The Hall–Kier alpha value is -5.66. The van der Waals surface area contributed by atoms with Crippen molar-refractivity contribution in [2.45, 2.75) is 24.7 Å². The fourth-order valence-electron chi connectivity index (χ4n) is 8.45. The number of anilines is 3. The zero-order valence-corrected chi connectivity index (χ0v) is 26.7. The summed E-state index contributed by atoms with van der Waals surface area (Å²) in [5, 5.41) is 0. The molecule has 0 heterocycles. The van der Waals surface area contributed by atoms with E-state index in [1.54, 1.807) is 0 Å². The van der Waals surface area contributed by atoms with Crippen LogP contribution in [0.2, 0.25) is 0 Å². The Morgan fingerprint density at radius 3 is 1.47 bits per heavy atom. The van der Waals surface area contributed by atoms with Crippen molar-refractivity contribution in [3.05, 3.63) is 209 Å². The Morgan fingerprint density at radius 1 is 0.340 bits per heavy atom. The first-order chi connectivity index (χ1) is 23.1. The van der Waals surface area contributed by atoms with Gasteiger partial charge in [0.25, 0.3) is 0 Å². The van der Waals surface area contributed by atoms with Gasteiger partial charge in [-0.3, -0.25) is 0 Å². The summed E-state index contributed by atoms with van der Waals surface area (Å²) in [7, 11) is 0. The second-order valence-electron chi connectivity index (χ2n) is 13.3. The molecule has 1 heteroatoms. The lowest BCUT2D eigenvalue weighted by Gasteiger charge is -2.35. The van der Waals surface area contributed by atoms with Gasteiger partial charge in [-0.05, 0) is 92.0 Å². The van der Waals surface area contributed by atoms with Gasteiger partial charge in [0.2, 0.25) is 0 Å². The fraction of sp³-hybridized carbons (Fsp3) is 0.0870. The Labute approximate surface area is 277 Å². The lowest BCUT2D eigenvalue weighted by molar-refractivity contribution is 0.660. The van der Waals surface area contributed by atoms with Gasteiger partial charge in [-0.1, -0.05) is 153 Å². The number of hydrogen-bond donors (Lipinski definition) is 0. The van der Waals surface area contributed by atoms with E-state index in [2.05, 4.69) is 195 Å². The van der Waals surface area contributed by atoms with Crippen molar-refractivity contribution in [3.8, 4) is 22.3 Å². The molecule has 0 saturated carbocycles. The minimum Gasteiger partial charge on any atom is -0.310 e. The largest absolute Gasteiger partial charge is 0.310 e. The van der Waals surface area contributed by atoms with Crippen LogP contribution >= 0.6 is 0 Å². The Morgan fingerprint density at radius 2 is 0.809 bits per heavy atom. The minimum absolute atomic E-state index is 0.0826. The predicted molar refractivity (Wildman–Crippen MR) is 196 cm³/mol. The van der Waals surface area contributed by atoms with Crippen molar-refractivity contribution in [2.24, 2.45) is 0 Å². The maximum atomic E-state index is 2.42. The van der Waals surface area contributed by atoms with Gasteiger partial charge in [0.15, 0.2) is 0 Å². The van der Waals surface area contributed by atoms with Crippen molar-refractivity contribution < 1.29 is 0 Å². The summed E-state index contributed by atoms with van der Waals surface area (Å²) >= 11 is 0. The van der Waals surface area contributed by atoms with Crippen LogP contribution in [0.1, 0.15) is 47.2 Å². The van der Waals surface area contributed by atoms with Gasteiger partial charge < -0.3 is 4.90 Å². The van der Waals surface area contributed by atoms with E-state index in [0.29, 0.717) is 0 Å². The molecule has 0 unspecified atom stereocenters. The Balaban J connectivity index is 1.28. The molecule has 2 aliphatic carbocycles. The van der Waals surface area contributed by atoms with Crippen molar-refractivity contribution in [1.82, 2.24) is 0 Å². The average Bonchev–Trinajstić information content (AvgIpc) is 3.56. The molecule has 0 bridgehead atoms. The molecule has 7 aromatic carbocycles. The zero-order chi connectivity index (χ0) is 31.6. The van der Waals surface area contributed by atoms with Crippen molar-refractivity contribution in [2.75, 3.05) is 4.90 Å². The Kier molecular flexibility index (Phi) is 6.14. The number of para-hydroxylation sites is 1. The van der Waals surface area contributed by atoms with E-state index in [0.717, 1.165) is 17.1 Å². The molecule has 0 amide bonds. The highest BCUT2D eigenvalue weighted by molar-refractivity contribution is 5.88. The second-order valence-corrected chi connectivity index (χ2v) is 13.3. The molecule has 9 rings (SSSR count). The van der Waals surface area contributed by atoms with Gasteiger partial charge >= 0.3 is 0 Å². The van der Waals surface area contributed by atoms with E-state index < -0.39 is 5.41 Å². The number of benzene rings is 7. The van der Waals surface area contributed by atoms with Gasteiger partial charge in [-0.15, -0.1) is 0 Å². The second kappa shape index (κ2) is 10.4. The molecule has 224 valence electrons. The molecule has 0 aliphatic heterocycles. The molecule has 0 saturated heterocycles. The van der Waals surface area contributed by atoms with Crippen LogP contribution in [0.25, 0.3) is 22.3 Å². The highest BCUT2D eigenvalue weighted by Crippen LogP contribution is 2.57. The third-order valence-electron chi connectivity index (χ3n) is 10.5. The van der Waals surface area contributed by atoms with Crippen LogP contribution in [-0.4, -0.2) is 0 Å².